The van der Waals surface area contributed by atoms with Crippen molar-refractivity contribution in [1.29, 1.82) is 0 Å². The van der Waals surface area contributed by atoms with Gasteiger partial charge >= 0.3 is 0 Å². The molecule has 0 heterocycles. The first-order valence-electron chi connectivity index (χ1n) is 5.92. The molecule has 92 valence electrons. The fourth-order valence-corrected chi connectivity index (χ4v) is 3.32. The van der Waals surface area contributed by atoms with Gasteiger partial charge in [-0.1, -0.05) is 50.3 Å². The Balaban J connectivity index is 2.51. The monoisotopic (exact) mass is 232 g/mol. The Hall–Kier alpha value is -1.12. The second-order valence-electron chi connectivity index (χ2n) is 5.23. The molecule has 1 aromatic carbocycles. The fraction of sp³-hybridized carbons (Fsp3) is 0.467. The van der Waals surface area contributed by atoms with Crippen molar-refractivity contribution in [2.75, 3.05) is 7.11 Å². The largest absolute Gasteiger partial charge is 0.385 e. The van der Waals surface area contributed by atoms with Gasteiger partial charge in [-0.2, -0.15) is 0 Å². The average molecular weight is 232 g/mol. The van der Waals surface area contributed by atoms with Crippen LogP contribution in [0.1, 0.15) is 25.8 Å². The highest BCUT2D eigenvalue weighted by molar-refractivity contribution is 5.44. The Morgan fingerprint density at radius 1 is 1.29 bits per heavy atom. The van der Waals surface area contributed by atoms with E-state index in [4.69, 9.17) is 4.74 Å². The van der Waals surface area contributed by atoms with Gasteiger partial charge in [-0.05, 0) is 12.0 Å². The summed E-state index contributed by atoms with van der Waals surface area (Å²) in [5.41, 5.74) is -0.797. The molecule has 0 bridgehead atoms. The van der Waals surface area contributed by atoms with Crippen molar-refractivity contribution in [3.8, 4) is 0 Å². The Kier molecular flexibility index (Phi) is 2.68. The summed E-state index contributed by atoms with van der Waals surface area (Å²) in [5.74, 6) is 0. The van der Waals surface area contributed by atoms with Crippen LogP contribution in [0.3, 0.4) is 0 Å². The Morgan fingerprint density at radius 2 is 1.88 bits per heavy atom. The second kappa shape index (κ2) is 3.69. The van der Waals surface area contributed by atoms with E-state index >= 15 is 0 Å². The minimum atomic E-state index is -0.877. The minimum Gasteiger partial charge on any atom is -0.385 e. The number of benzene rings is 1. The third kappa shape index (κ3) is 1.23. The fourth-order valence-electron chi connectivity index (χ4n) is 3.32. The third-order valence-corrected chi connectivity index (χ3v) is 4.36. The van der Waals surface area contributed by atoms with Crippen molar-refractivity contribution in [2.45, 2.75) is 31.5 Å². The zero-order valence-electron chi connectivity index (χ0n) is 10.7. The summed E-state index contributed by atoms with van der Waals surface area (Å²) >= 11 is 0. The van der Waals surface area contributed by atoms with Gasteiger partial charge in [0.25, 0.3) is 0 Å². The molecule has 0 aromatic heterocycles. The maximum absolute atomic E-state index is 10.8. The topological polar surface area (TPSA) is 29.5 Å². The number of methoxy groups -OCH3 is 1. The molecule has 1 fully saturated rings. The van der Waals surface area contributed by atoms with Crippen LogP contribution >= 0.6 is 0 Å². The van der Waals surface area contributed by atoms with Gasteiger partial charge in [-0.3, -0.25) is 0 Å². The lowest BCUT2D eigenvalue weighted by Crippen LogP contribution is -2.25. The molecule has 0 unspecified atom stereocenters. The van der Waals surface area contributed by atoms with Crippen LogP contribution < -0.4 is 0 Å². The van der Waals surface area contributed by atoms with Crippen molar-refractivity contribution in [3.05, 3.63) is 48.6 Å². The smallest absolute Gasteiger partial charge is 0.130 e. The molecule has 2 atom stereocenters. The SMILES string of the molecule is C=CC[C@]1(O)C(C)(C)[C@]1(OC)c1ccccc1. The first kappa shape index (κ1) is 12.3. The van der Waals surface area contributed by atoms with Crippen LogP contribution in [-0.4, -0.2) is 17.8 Å². The van der Waals surface area contributed by atoms with E-state index in [1.165, 1.54) is 0 Å². The van der Waals surface area contributed by atoms with Gasteiger partial charge in [-0.15, -0.1) is 6.58 Å². The maximum atomic E-state index is 10.8. The third-order valence-electron chi connectivity index (χ3n) is 4.36. The molecule has 2 nitrogen and oxygen atoms in total. The number of rotatable bonds is 4. The summed E-state index contributed by atoms with van der Waals surface area (Å²) in [4.78, 5) is 0. The van der Waals surface area contributed by atoms with E-state index in [9.17, 15) is 5.11 Å². The molecular formula is C15H20O2. The molecule has 0 radical (unpaired) electrons. The molecule has 2 heteroatoms. The molecule has 1 N–H and O–H groups in total. The maximum Gasteiger partial charge on any atom is 0.130 e. The van der Waals surface area contributed by atoms with Crippen molar-refractivity contribution >= 4 is 0 Å². The number of hydrogen-bond donors (Lipinski definition) is 1. The van der Waals surface area contributed by atoms with Crippen molar-refractivity contribution < 1.29 is 9.84 Å². The summed E-state index contributed by atoms with van der Waals surface area (Å²) in [6.07, 6.45) is 2.29. The molecule has 17 heavy (non-hydrogen) atoms. The van der Waals surface area contributed by atoms with Gasteiger partial charge in [0.2, 0.25) is 0 Å². The zero-order valence-corrected chi connectivity index (χ0v) is 10.7. The molecule has 1 aromatic rings. The van der Waals surface area contributed by atoms with Gasteiger partial charge in [0.1, 0.15) is 11.2 Å². The number of ether oxygens (including phenoxy) is 1. The molecule has 1 aliphatic rings. The zero-order chi connectivity index (χ0) is 12.7. The predicted octanol–water partition coefficient (Wildman–Crippen LogP) is 2.88. The van der Waals surface area contributed by atoms with Gasteiger partial charge < -0.3 is 9.84 Å². The highest BCUT2D eigenvalue weighted by atomic mass is 16.5. The van der Waals surface area contributed by atoms with Crippen molar-refractivity contribution in [3.63, 3.8) is 0 Å². The van der Waals surface area contributed by atoms with Crippen molar-refractivity contribution in [2.24, 2.45) is 5.41 Å². The first-order chi connectivity index (χ1) is 7.98. The van der Waals surface area contributed by atoms with E-state index in [0.717, 1.165) is 5.56 Å². The van der Waals surface area contributed by atoms with Crippen LogP contribution in [0.25, 0.3) is 0 Å². The lowest BCUT2D eigenvalue weighted by Gasteiger charge is -2.20. The minimum absolute atomic E-state index is 0.315. The number of aliphatic hydroxyl groups is 1. The van der Waals surface area contributed by atoms with Crippen LogP contribution in [0.2, 0.25) is 0 Å². The van der Waals surface area contributed by atoms with E-state index in [0.29, 0.717) is 6.42 Å². The van der Waals surface area contributed by atoms with Gasteiger partial charge in [0.05, 0.1) is 0 Å². The first-order valence-corrected chi connectivity index (χ1v) is 5.92. The van der Waals surface area contributed by atoms with E-state index < -0.39 is 11.2 Å². The van der Waals surface area contributed by atoms with E-state index in [1.807, 2.05) is 44.2 Å². The summed E-state index contributed by atoms with van der Waals surface area (Å²) in [6, 6.07) is 9.92. The van der Waals surface area contributed by atoms with E-state index in [1.54, 1.807) is 13.2 Å². The van der Waals surface area contributed by atoms with Crippen LogP contribution in [0.15, 0.2) is 43.0 Å². The highest BCUT2D eigenvalue weighted by Gasteiger charge is 2.83. The molecule has 1 aliphatic carbocycles. The molecule has 1 saturated carbocycles. The number of hydrogen-bond acceptors (Lipinski definition) is 2. The standard InChI is InChI=1S/C15H20O2/c1-5-11-14(16)13(2,3)15(14,17-4)12-9-7-6-8-10-12/h5-10,16H,1,11H2,2-4H3/t14-,15+/m0/s1. The summed E-state index contributed by atoms with van der Waals surface area (Å²) in [6.45, 7) is 7.80. The van der Waals surface area contributed by atoms with E-state index in [-0.39, 0.29) is 5.41 Å². The summed E-state index contributed by atoms with van der Waals surface area (Å²) < 4.78 is 5.72. The second-order valence-corrected chi connectivity index (χ2v) is 5.23. The van der Waals surface area contributed by atoms with Crippen LogP contribution in [0.4, 0.5) is 0 Å². The molecule has 0 spiro atoms. The molecule has 2 rings (SSSR count). The van der Waals surface area contributed by atoms with Crippen LogP contribution in [0.5, 0.6) is 0 Å². The van der Waals surface area contributed by atoms with Gasteiger partial charge in [-0.25, -0.2) is 0 Å². The molecular weight excluding hydrogens is 212 g/mol. The summed E-state index contributed by atoms with van der Waals surface area (Å²) in [5, 5.41) is 10.8. The highest BCUT2D eigenvalue weighted by Crippen LogP contribution is 2.73. The van der Waals surface area contributed by atoms with Crippen molar-refractivity contribution in [1.82, 2.24) is 0 Å². The lowest BCUT2D eigenvalue weighted by molar-refractivity contribution is -0.0148. The van der Waals surface area contributed by atoms with E-state index in [2.05, 4.69) is 6.58 Å². The molecule has 0 saturated heterocycles. The Morgan fingerprint density at radius 3 is 2.35 bits per heavy atom. The Bertz CT molecular complexity index is 424. The predicted molar refractivity (Wildman–Crippen MR) is 68.7 cm³/mol. The van der Waals surface area contributed by atoms with Crippen LogP contribution in [0, 0.1) is 5.41 Å². The summed E-state index contributed by atoms with van der Waals surface area (Å²) in [7, 11) is 1.66. The quantitative estimate of drug-likeness (QED) is 0.809. The average Bonchev–Trinajstić information content (AvgIpc) is 2.70. The lowest BCUT2D eigenvalue weighted by atomic mass is 9.99. The normalized spacial score (nSPS) is 34.4. The van der Waals surface area contributed by atoms with Gasteiger partial charge in [0, 0.05) is 12.5 Å². The van der Waals surface area contributed by atoms with Crippen LogP contribution in [-0.2, 0) is 10.3 Å². The Labute approximate surface area is 103 Å². The van der Waals surface area contributed by atoms with Gasteiger partial charge in [0.15, 0.2) is 0 Å². The molecule has 0 aliphatic heterocycles. The molecule has 0 amide bonds.